The van der Waals surface area contributed by atoms with Crippen molar-refractivity contribution in [2.75, 3.05) is 6.54 Å². The molecular weight excluding hydrogens is 238 g/mol. The Morgan fingerprint density at radius 3 is 2.42 bits per heavy atom. The van der Waals surface area contributed by atoms with Gasteiger partial charge in [-0.1, -0.05) is 54.6 Å². The zero-order chi connectivity index (χ0) is 13.5. The van der Waals surface area contributed by atoms with Crippen LogP contribution in [-0.2, 0) is 11.2 Å². The molecule has 0 bridgehead atoms. The Hall–Kier alpha value is -2.13. The van der Waals surface area contributed by atoms with Crippen LogP contribution in [0.3, 0.4) is 0 Å². The minimum Gasteiger partial charge on any atom is -0.483 e. The Balaban J connectivity index is 0.000000408. The summed E-state index contributed by atoms with van der Waals surface area (Å²) in [4.78, 5) is 8.36. The van der Waals surface area contributed by atoms with Crippen molar-refractivity contribution in [3.63, 3.8) is 0 Å². The quantitative estimate of drug-likeness (QED) is 0.770. The van der Waals surface area contributed by atoms with Crippen LogP contribution in [0.1, 0.15) is 22.7 Å². The molecule has 0 spiro atoms. The van der Waals surface area contributed by atoms with Gasteiger partial charge in [-0.05, 0) is 23.1 Å². The monoisotopic (exact) mass is 255 g/mol. The first kappa shape index (κ1) is 13.3. The van der Waals surface area contributed by atoms with Gasteiger partial charge in [0.15, 0.2) is 0 Å². The van der Waals surface area contributed by atoms with Gasteiger partial charge in [-0.3, -0.25) is 4.79 Å². The Morgan fingerprint density at radius 2 is 1.68 bits per heavy atom. The lowest BCUT2D eigenvalue weighted by Gasteiger charge is -2.27. The number of benzene rings is 2. The summed E-state index contributed by atoms with van der Waals surface area (Å²) in [6, 6.07) is 19.8. The molecule has 98 valence electrons. The first-order valence-corrected chi connectivity index (χ1v) is 6.31. The van der Waals surface area contributed by atoms with E-state index in [0.29, 0.717) is 6.04 Å². The van der Waals surface area contributed by atoms with Gasteiger partial charge in [0.1, 0.15) is 0 Å². The van der Waals surface area contributed by atoms with E-state index in [2.05, 4.69) is 59.9 Å². The number of rotatable bonds is 1. The molecule has 1 heterocycles. The molecule has 19 heavy (non-hydrogen) atoms. The second-order valence-electron chi connectivity index (χ2n) is 4.35. The molecule has 0 aromatic heterocycles. The van der Waals surface area contributed by atoms with Crippen molar-refractivity contribution >= 4 is 6.47 Å². The summed E-state index contributed by atoms with van der Waals surface area (Å²) in [7, 11) is 0. The Morgan fingerprint density at radius 1 is 1.05 bits per heavy atom. The fraction of sp³-hybridized carbons (Fsp3) is 0.188. The van der Waals surface area contributed by atoms with Crippen LogP contribution in [0, 0.1) is 0 Å². The van der Waals surface area contributed by atoms with E-state index in [4.69, 9.17) is 9.90 Å². The van der Waals surface area contributed by atoms with Crippen LogP contribution in [-0.4, -0.2) is 18.1 Å². The Bertz CT molecular complexity index is 525. The highest BCUT2D eigenvalue weighted by molar-refractivity contribution is 5.39. The minimum atomic E-state index is -0.250. The van der Waals surface area contributed by atoms with E-state index in [1.807, 2.05) is 0 Å². The maximum absolute atomic E-state index is 8.36. The largest absolute Gasteiger partial charge is 0.483 e. The van der Waals surface area contributed by atoms with Gasteiger partial charge < -0.3 is 10.4 Å². The first-order chi connectivity index (χ1) is 9.36. The molecule has 1 aliphatic rings. The molecule has 0 unspecified atom stereocenters. The number of carboxylic acid groups (broad SMARTS) is 1. The van der Waals surface area contributed by atoms with E-state index in [-0.39, 0.29) is 6.47 Å². The van der Waals surface area contributed by atoms with Crippen molar-refractivity contribution < 1.29 is 9.90 Å². The van der Waals surface area contributed by atoms with Gasteiger partial charge in [0.25, 0.3) is 6.47 Å². The van der Waals surface area contributed by atoms with E-state index in [1.54, 1.807) is 0 Å². The highest BCUT2D eigenvalue weighted by Gasteiger charge is 2.19. The predicted octanol–water partition coefficient (Wildman–Crippen LogP) is 2.62. The molecule has 2 aromatic rings. The highest BCUT2D eigenvalue weighted by atomic mass is 16.3. The predicted molar refractivity (Wildman–Crippen MR) is 75.1 cm³/mol. The molecule has 0 fully saturated rings. The number of nitrogens with one attached hydrogen (secondary N) is 1. The van der Waals surface area contributed by atoms with Crippen molar-refractivity contribution in [1.29, 1.82) is 0 Å². The summed E-state index contributed by atoms with van der Waals surface area (Å²) < 4.78 is 0. The van der Waals surface area contributed by atoms with E-state index in [0.717, 1.165) is 13.0 Å². The van der Waals surface area contributed by atoms with Crippen molar-refractivity contribution in [2.45, 2.75) is 12.5 Å². The third kappa shape index (κ3) is 3.20. The summed E-state index contributed by atoms with van der Waals surface area (Å²) in [5, 5.41) is 10.5. The van der Waals surface area contributed by atoms with Gasteiger partial charge >= 0.3 is 0 Å². The average molecular weight is 255 g/mol. The molecule has 1 atom stereocenters. The third-order valence-electron chi connectivity index (χ3n) is 3.24. The smallest absolute Gasteiger partial charge is 0.290 e. The van der Waals surface area contributed by atoms with Crippen LogP contribution in [0.2, 0.25) is 0 Å². The summed E-state index contributed by atoms with van der Waals surface area (Å²) in [5.41, 5.74) is 4.27. The summed E-state index contributed by atoms with van der Waals surface area (Å²) in [5.74, 6) is 0. The molecule has 3 heteroatoms. The lowest BCUT2D eigenvalue weighted by molar-refractivity contribution is -0.122. The number of hydrogen-bond acceptors (Lipinski definition) is 2. The highest BCUT2D eigenvalue weighted by Crippen LogP contribution is 2.27. The summed E-state index contributed by atoms with van der Waals surface area (Å²) in [6.07, 6.45) is 1.14. The molecule has 0 saturated carbocycles. The van der Waals surface area contributed by atoms with Crippen LogP contribution in [0.15, 0.2) is 54.6 Å². The molecule has 0 radical (unpaired) electrons. The van der Waals surface area contributed by atoms with Crippen molar-refractivity contribution in [2.24, 2.45) is 0 Å². The second kappa shape index (κ2) is 6.71. The lowest BCUT2D eigenvalue weighted by Crippen LogP contribution is -2.30. The van der Waals surface area contributed by atoms with Crippen LogP contribution in [0.5, 0.6) is 0 Å². The molecule has 3 rings (SSSR count). The summed E-state index contributed by atoms with van der Waals surface area (Å²) in [6.45, 7) is 0.816. The van der Waals surface area contributed by atoms with Gasteiger partial charge in [-0.15, -0.1) is 0 Å². The zero-order valence-electron chi connectivity index (χ0n) is 10.6. The number of carbonyl (C=O) groups is 1. The molecule has 0 saturated heterocycles. The molecule has 2 N–H and O–H groups in total. The molecule has 1 aliphatic heterocycles. The topological polar surface area (TPSA) is 49.3 Å². The lowest BCUT2D eigenvalue weighted by atomic mass is 9.90. The number of fused-ring (bicyclic) bond motifs is 1. The van der Waals surface area contributed by atoms with E-state index < -0.39 is 0 Å². The number of hydrogen-bond donors (Lipinski definition) is 2. The maximum atomic E-state index is 8.36. The van der Waals surface area contributed by atoms with Crippen LogP contribution in [0.25, 0.3) is 0 Å². The van der Waals surface area contributed by atoms with Crippen molar-refractivity contribution in [3.8, 4) is 0 Å². The first-order valence-electron chi connectivity index (χ1n) is 6.31. The van der Waals surface area contributed by atoms with Crippen LogP contribution >= 0.6 is 0 Å². The zero-order valence-corrected chi connectivity index (χ0v) is 10.6. The Kier molecular flexibility index (Phi) is 4.70. The second-order valence-corrected chi connectivity index (χ2v) is 4.35. The maximum Gasteiger partial charge on any atom is 0.290 e. The van der Waals surface area contributed by atoms with Crippen molar-refractivity contribution in [1.82, 2.24) is 5.32 Å². The van der Waals surface area contributed by atoms with Crippen LogP contribution in [0.4, 0.5) is 0 Å². The molecular formula is C16H17NO2. The van der Waals surface area contributed by atoms with E-state index in [1.165, 1.54) is 16.7 Å². The van der Waals surface area contributed by atoms with Crippen molar-refractivity contribution in [3.05, 3.63) is 71.3 Å². The average Bonchev–Trinajstić information content (AvgIpc) is 2.48. The van der Waals surface area contributed by atoms with Gasteiger partial charge in [0, 0.05) is 6.54 Å². The fourth-order valence-corrected chi connectivity index (χ4v) is 2.45. The van der Waals surface area contributed by atoms with Gasteiger partial charge in [0.05, 0.1) is 6.04 Å². The normalized spacial score (nSPS) is 16.7. The molecule has 0 aliphatic carbocycles. The van der Waals surface area contributed by atoms with Gasteiger partial charge in [-0.25, -0.2) is 0 Å². The van der Waals surface area contributed by atoms with E-state index in [9.17, 15) is 0 Å². The van der Waals surface area contributed by atoms with Crippen LogP contribution < -0.4 is 5.32 Å². The van der Waals surface area contributed by atoms with Gasteiger partial charge in [0.2, 0.25) is 0 Å². The fourth-order valence-electron chi connectivity index (χ4n) is 2.45. The Labute approximate surface area is 112 Å². The minimum absolute atomic E-state index is 0.250. The summed E-state index contributed by atoms with van der Waals surface area (Å²) >= 11 is 0. The van der Waals surface area contributed by atoms with E-state index >= 15 is 0 Å². The van der Waals surface area contributed by atoms with Gasteiger partial charge in [-0.2, -0.15) is 0 Å². The molecule has 3 nitrogen and oxygen atoms in total. The standard InChI is InChI=1S/C15H15N.CH2O2/c1-2-7-13(8-3-1)15-14-9-5-4-6-12(14)10-11-16-15;2-1-3/h1-9,15-16H,10-11H2;1H,(H,2,3)/t15-;/m0./s1. The molecule has 0 amide bonds. The SMILES string of the molecule is O=CO.c1ccc([C@@H]2NCCc3ccccc32)cc1. The third-order valence-corrected chi connectivity index (χ3v) is 3.24. The molecule has 2 aromatic carbocycles.